The SMILES string of the molecule is CCSCCOC(=O)C1=C(C)NC2=C(C(=O)C[C@H](c3ccccc3OC)C2)[C@H]1c1ccsc1. The van der Waals surface area contributed by atoms with Crippen LogP contribution in [0, 0.1) is 0 Å². The van der Waals surface area contributed by atoms with E-state index in [-0.39, 0.29) is 17.7 Å². The predicted molar refractivity (Wildman–Crippen MR) is 134 cm³/mol. The number of dihydropyridines is 1. The molecule has 2 atom stereocenters. The second-order valence-electron chi connectivity index (χ2n) is 8.15. The van der Waals surface area contributed by atoms with Gasteiger partial charge >= 0.3 is 5.97 Å². The summed E-state index contributed by atoms with van der Waals surface area (Å²) in [7, 11) is 1.66. The number of methoxy groups -OCH3 is 1. The van der Waals surface area contributed by atoms with Gasteiger partial charge in [-0.2, -0.15) is 23.1 Å². The number of thiophene rings is 1. The number of thioether (sulfide) groups is 1. The Morgan fingerprint density at radius 1 is 1.24 bits per heavy atom. The largest absolute Gasteiger partial charge is 0.496 e. The van der Waals surface area contributed by atoms with Crippen LogP contribution in [0.1, 0.15) is 49.7 Å². The second kappa shape index (κ2) is 10.6. The standard InChI is InChI=1S/C26H29NO4S2/c1-4-32-12-10-31-26(29)23-16(2)27-20-13-18(19-7-5-6-8-22(19)30-3)14-21(28)25(20)24(23)17-9-11-33-15-17/h5-9,11,15,18,24,27H,4,10,12-14H2,1-3H3/t18-,24+/m1/s1. The minimum absolute atomic E-state index is 0.0235. The van der Waals surface area contributed by atoms with E-state index in [2.05, 4.69) is 12.2 Å². The Kier molecular flexibility index (Phi) is 7.60. The number of rotatable bonds is 8. The van der Waals surface area contributed by atoms with Crippen molar-refractivity contribution in [3.8, 4) is 5.75 Å². The van der Waals surface area contributed by atoms with Gasteiger partial charge in [0, 0.05) is 41.0 Å². The molecule has 1 aliphatic heterocycles. The van der Waals surface area contributed by atoms with Gasteiger partial charge in [-0.25, -0.2) is 4.79 Å². The van der Waals surface area contributed by atoms with E-state index in [1.54, 1.807) is 30.2 Å². The van der Waals surface area contributed by atoms with Crippen molar-refractivity contribution in [2.75, 3.05) is 25.2 Å². The van der Waals surface area contributed by atoms with Crippen molar-refractivity contribution in [2.24, 2.45) is 0 Å². The van der Waals surface area contributed by atoms with Gasteiger partial charge in [-0.15, -0.1) is 0 Å². The highest BCUT2D eigenvalue weighted by molar-refractivity contribution is 7.99. The molecule has 0 amide bonds. The van der Waals surface area contributed by atoms with Gasteiger partial charge in [0.25, 0.3) is 0 Å². The summed E-state index contributed by atoms with van der Waals surface area (Å²) in [5, 5.41) is 7.41. The number of hydrogen-bond donors (Lipinski definition) is 1. The molecule has 174 valence electrons. The second-order valence-corrected chi connectivity index (χ2v) is 10.3. The summed E-state index contributed by atoms with van der Waals surface area (Å²) in [4.78, 5) is 26.7. The third-order valence-electron chi connectivity index (χ3n) is 6.17. The Balaban J connectivity index is 1.68. The molecule has 0 saturated carbocycles. The van der Waals surface area contributed by atoms with E-state index in [9.17, 15) is 9.59 Å². The molecule has 2 aromatic rings. The van der Waals surface area contributed by atoms with Gasteiger partial charge in [-0.1, -0.05) is 25.1 Å². The topological polar surface area (TPSA) is 64.6 Å². The maximum Gasteiger partial charge on any atom is 0.336 e. The molecule has 1 aromatic carbocycles. The number of ether oxygens (including phenoxy) is 2. The smallest absolute Gasteiger partial charge is 0.336 e. The van der Waals surface area contributed by atoms with Crippen LogP contribution in [0.3, 0.4) is 0 Å². The molecule has 0 unspecified atom stereocenters. The molecule has 33 heavy (non-hydrogen) atoms. The highest BCUT2D eigenvalue weighted by Gasteiger charge is 2.41. The van der Waals surface area contributed by atoms with Gasteiger partial charge in [0.05, 0.1) is 12.7 Å². The van der Waals surface area contributed by atoms with Crippen molar-refractivity contribution in [3.05, 3.63) is 74.8 Å². The average Bonchev–Trinajstić information content (AvgIpc) is 3.35. The molecule has 0 spiro atoms. The maximum absolute atomic E-state index is 13.6. The summed E-state index contributed by atoms with van der Waals surface area (Å²) in [5.41, 5.74) is 4.89. The van der Waals surface area contributed by atoms with Gasteiger partial charge in [0.2, 0.25) is 0 Å². The van der Waals surface area contributed by atoms with Crippen LogP contribution in [0.15, 0.2) is 63.6 Å². The molecule has 1 aromatic heterocycles. The first-order valence-electron chi connectivity index (χ1n) is 11.2. The number of carbonyl (C=O) groups excluding carboxylic acids is 2. The van der Waals surface area contributed by atoms with Crippen molar-refractivity contribution < 1.29 is 19.1 Å². The highest BCUT2D eigenvalue weighted by atomic mass is 32.2. The monoisotopic (exact) mass is 483 g/mol. The minimum atomic E-state index is -0.398. The lowest BCUT2D eigenvalue weighted by Gasteiger charge is -2.36. The number of carbonyl (C=O) groups is 2. The predicted octanol–water partition coefficient (Wildman–Crippen LogP) is 5.41. The number of nitrogens with one attached hydrogen (secondary N) is 1. The molecule has 5 nitrogen and oxygen atoms in total. The number of allylic oxidation sites excluding steroid dienone is 3. The van der Waals surface area contributed by atoms with Gasteiger partial charge in [0.15, 0.2) is 5.78 Å². The number of ketones is 1. The van der Waals surface area contributed by atoms with Crippen molar-refractivity contribution in [3.63, 3.8) is 0 Å². The van der Waals surface area contributed by atoms with Crippen LogP contribution in [0.2, 0.25) is 0 Å². The Hall–Kier alpha value is -2.51. The van der Waals surface area contributed by atoms with Crippen molar-refractivity contribution >= 4 is 34.9 Å². The lowest BCUT2D eigenvalue weighted by Crippen LogP contribution is -2.36. The summed E-state index contributed by atoms with van der Waals surface area (Å²) in [6.07, 6.45) is 1.07. The first-order valence-corrected chi connectivity index (χ1v) is 13.3. The number of esters is 1. The van der Waals surface area contributed by atoms with Crippen molar-refractivity contribution in [2.45, 2.75) is 38.5 Å². The van der Waals surface area contributed by atoms with Gasteiger partial charge in [-0.05, 0) is 53.1 Å². The van der Waals surface area contributed by atoms with Crippen LogP contribution in [0.25, 0.3) is 0 Å². The Morgan fingerprint density at radius 2 is 2.06 bits per heavy atom. The molecular formula is C26H29NO4S2. The Morgan fingerprint density at radius 3 is 2.79 bits per heavy atom. The number of para-hydroxylation sites is 1. The van der Waals surface area contributed by atoms with Crippen LogP contribution in [-0.4, -0.2) is 37.0 Å². The zero-order valence-corrected chi connectivity index (χ0v) is 20.8. The zero-order valence-electron chi connectivity index (χ0n) is 19.2. The third-order valence-corrected chi connectivity index (χ3v) is 7.73. The molecule has 1 aliphatic carbocycles. The molecular weight excluding hydrogens is 454 g/mol. The lowest BCUT2D eigenvalue weighted by atomic mass is 9.72. The molecule has 2 aliphatic rings. The average molecular weight is 484 g/mol. The zero-order chi connectivity index (χ0) is 23.4. The number of benzene rings is 1. The summed E-state index contributed by atoms with van der Waals surface area (Å²) in [6, 6.07) is 9.87. The van der Waals surface area contributed by atoms with Gasteiger partial charge in [0.1, 0.15) is 12.4 Å². The van der Waals surface area contributed by atoms with E-state index >= 15 is 0 Å². The molecule has 1 N–H and O–H groups in total. The first-order chi connectivity index (χ1) is 16.0. The van der Waals surface area contributed by atoms with Crippen LogP contribution < -0.4 is 10.1 Å². The van der Waals surface area contributed by atoms with E-state index < -0.39 is 5.92 Å². The quantitative estimate of drug-likeness (QED) is 0.400. The van der Waals surface area contributed by atoms with E-state index in [1.807, 2.05) is 48.0 Å². The molecule has 0 saturated heterocycles. The highest BCUT2D eigenvalue weighted by Crippen LogP contribution is 2.47. The van der Waals surface area contributed by atoms with E-state index in [1.165, 1.54) is 0 Å². The lowest BCUT2D eigenvalue weighted by molar-refractivity contribution is -0.138. The van der Waals surface area contributed by atoms with Gasteiger partial charge < -0.3 is 14.8 Å². The molecule has 7 heteroatoms. The maximum atomic E-state index is 13.6. The normalized spacial score (nSPS) is 20.4. The minimum Gasteiger partial charge on any atom is -0.496 e. The molecule has 2 heterocycles. The summed E-state index contributed by atoms with van der Waals surface area (Å²) in [6.45, 7) is 4.34. The number of hydrogen-bond acceptors (Lipinski definition) is 7. The fourth-order valence-electron chi connectivity index (χ4n) is 4.72. The van der Waals surface area contributed by atoms with Crippen LogP contribution in [0.4, 0.5) is 0 Å². The van der Waals surface area contributed by atoms with Crippen LogP contribution in [0.5, 0.6) is 5.75 Å². The summed E-state index contributed by atoms with van der Waals surface area (Å²) < 4.78 is 11.2. The summed E-state index contributed by atoms with van der Waals surface area (Å²) in [5.74, 6) is 1.88. The molecule has 0 bridgehead atoms. The molecule has 4 rings (SSSR count). The first kappa shape index (κ1) is 23.6. The van der Waals surface area contributed by atoms with E-state index in [0.29, 0.717) is 30.6 Å². The van der Waals surface area contributed by atoms with E-state index in [0.717, 1.165) is 39.8 Å². The summed E-state index contributed by atoms with van der Waals surface area (Å²) >= 11 is 3.30. The van der Waals surface area contributed by atoms with Crippen LogP contribution in [-0.2, 0) is 14.3 Å². The molecule has 0 radical (unpaired) electrons. The fourth-order valence-corrected chi connectivity index (χ4v) is 5.90. The van der Waals surface area contributed by atoms with Crippen LogP contribution >= 0.6 is 23.1 Å². The van der Waals surface area contributed by atoms with Gasteiger partial charge in [-0.3, -0.25) is 4.79 Å². The van der Waals surface area contributed by atoms with Crippen molar-refractivity contribution in [1.82, 2.24) is 5.32 Å². The fraction of sp³-hybridized carbons (Fsp3) is 0.385. The number of Topliss-reactive ketones (excluding diaryl/α,β-unsaturated/α-hetero) is 1. The molecule has 0 fully saturated rings. The Bertz CT molecular complexity index is 1090. The van der Waals surface area contributed by atoms with Crippen molar-refractivity contribution in [1.29, 1.82) is 0 Å². The van der Waals surface area contributed by atoms with E-state index in [4.69, 9.17) is 9.47 Å². The third kappa shape index (κ3) is 4.89. The Labute approximate surface area is 203 Å².